The molecule has 0 aliphatic carbocycles. The number of pyridine rings is 1. The van der Waals surface area contributed by atoms with Crippen LogP contribution in [0.25, 0.3) is 0 Å². The van der Waals surface area contributed by atoms with Crippen LogP contribution in [0.15, 0.2) is 36.5 Å². The van der Waals surface area contributed by atoms with Crippen LogP contribution in [-0.4, -0.2) is 22.5 Å². The Bertz CT molecular complexity index is 629. The molecule has 6 heteroatoms. The van der Waals surface area contributed by atoms with Crippen molar-refractivity contribution in [3.05, 3.63) is 58.2 Å². The van der Waals surface area contributed by atoms with Crippen molar-refractivity contribution in [3.63, 3.8) is 0 Å². The molecule has 0 bridgehead atoms. The van der Waals surface area contributed by atoms with Crippen LogP contribution < -0.4 is 11.1 Å². The fourth-order valence-corrected chi connectivity index (χ4v) is 2.07. The molecule has 1 heterocycles. The van der Waals surface area contributed by atoms with Crippen LogP contribution in [0.4, 0.5) is 5.82 Å². The highest BCUT2D eigenvalue weighted by Crippen LogP contribution is 2.19. The standard InChI is InChI=1S/C15H16ClN3O2/c16-13-7-12(14(17)21)8-19-15(13)18-6-5-10-1-3-11(9-20)4-2-10/h1-4,7-8,20H,5-6,9H2,(H2,17,21)(H,18,19). The third kappa shape index (κ3) is 4.18. The molecule has 0 fully saturated rings. The number of amides is 1. The van der Waals surface area contributed by atoms with E-state index >= 15 is 0 Å². The Morgan fingerprint density at radius 1 is 1.29 bits per heavy atom. The Kier molecular flexibility index (Phi) is 5.14. The minimum atomic E-state index is -0.556. The number of nitrogens with one attached hydrogen (secondary N) is 1. The van der Waals surface area contributed by atoms with E-state index < -0.39 is 5.91 Å². The van der Waals surface area contributed by atoms with Crippen LogP contribution in [0.1, 0.15) is 21.5 Å². The van der Waals surface area contributed by atoms with Gasteiger partial charge in [0, 0.05) is 12.7 Å². The van der Waals surface area contributed by atoms with Crippen LogP contribution in [0.2, 0.25) is 5.02 Å². The number of aliphatic hydroxyl groups excluding tert-OH is 1. The number of benzene rings is 1. The summed E-state index contributed by atoms with van der Waals surface area (Å²) in [5.74, 6) is -0.0337. The van der Waals surface area contributed by atoms with Crippen molar-refractivity contribution in [2.24, 2.45) is 5.73 Å². The summed E-state index contributed by atoms with van der Waals surface area (Å²) in [4.78, 5) is 15.1. The van der Waals surface area contributed by atoms with Gasteiger partial charge in [0.15, 0.2) is 0 Å². The van der Waals surface area contributed by atoms with Crippen LogP contribution in [-0.2, 0) is 13.0 Å². The average molecular weight is 306 g/mol. The first-order valence-corrected chi connectivity index (χ1v) is 6.86. The van der Waals surface area contributed by atoms with Crippen LogP contribution in [0.3, 0.4) is 0 Å². The SMILES string of the molecule is NC(=O)c1cnc(NCCc2ccc(CO)cc2)c(Cl)c1. The summed E-state index contributed by atoms with van der Waals surface area (Å²) in [7, 11) is 0. The van der Waals surface area contributed by atoms with Crippen molar-refractivity contribution in [1.29, 1.82) is 0 Å². The lowest BCUT2D eigenvalue weighted by Crippen LogP contribution is -2.12. The normalized spacial score (nSPS) is 10.4. The predicted octanol–water partition coefficient (Wildman–Crippen LogP) is 1.98. The van der Waals surface area contributed by atoms with Gasteiger partial charge in [-0.1, -0.05) is 35.9 Å². The Morgan fingerprint density at radius 2 is 1.95 bits per heavy atom. The van der Waals surface area contributed by atoms with Crippen LogP contribution in [0.5, 0.6) is 0 Å². The quantitative estimate of drug-likeness (QED) is 0.761. The summed E-state index contributed by atoms with van der Waals surface area (Å²) in [5, 5.41) is 12.5. The summed E-state index contributed by atoms with van der Waals surface area (Å²) >= 11 is 6.03. The zero-order valence-corrected chi connectivity index (χ0v) is 12.1. The number of aliphatic hydroxyl groups is 1. The second kappa shape index (κ2) is 7.06. The highest BCUT2D eigenvalue weighted by molar-refractivity contribution is 6.33. The number of halogens is 1. The van der Waals surface area contributed by atoms with Crippen molar-refractivity contribution in [1.82, 2.24) is 4.98 Å². The van der Waals surface area contributed by atoms with Gasteiger partial charge in [-0.3, -0.25) is 4.79 Å². The maximum atomic E-state index is 11.0. The number of carbonyl (C=O) groups is 1. The third-order valence-corrected chi connectivity index (χ3v) is 3.33. The first-order chi connectivity index (χ1) is 10.1. The average Bonchev–Trinajstić information content (AvgIpc) is 2.49. The van der Waals surface area contributed by atoms with E-state index in [1.165, 1.54) is 12.3 Å². The van der Waals surface area contributed by atoms with E-state index in [4.69, 9.17) is 22.4 Å². The number of aromatic nitrogens is 1. The molecule has 0 unspecified atom stereocenters. The number of primary amides is 1. The molecule has 2 aromatic rings. The molecule has 1 aromatic heterocycles. The Hall–Kier alpha value is -2.11. The molecule has 0 aliphatic heterocycles. The summed E-state index contributed by atoms with van der Waals surface area (Å²) in [6.45, 7) is 0.700. The van der Waals surface area contributed by atoms with Crippen molar-refractivity contribution in [2.45, 2.75) is 13.0 Å². The number of hydrogen-bond acceptors (Lipinski definition) is 4. The number of nitrogens with two attached hydrogens (primary N) is 1. The zero-order chi connectivity index (χ0) is 15.2. The van der Waals surface area contributed by atoms with Gasteiger partial charge in [-0.15, -0.1) is 0 Å². The molecular weight excluding hydrogens is 290 g/mol. The highest BCUT2D eigenvalue weighted by atomic mass is 35.5. The number of anilines is 1. The number of nitrogens with zero attached hydrogens (tertiary/aromatic N) is 1. The maximum absolute atomic E-state index is 11.0. The molecule has 1 aromatic carbocycles. The molecule has 4 N–H and O–H groups in total. The lowest BCUT2D eigenvalue weighted by Gasteiger charge is -2.08. The molecular formula is C15H16ClN3O2. The molecule has 110 valence electrons. The van der Waals surface area contributed by atoms with E-state index in [2.05, 4.69) is 10.3 Å². The van der Waals surface area contributed by atoms with Gasteiger partial charge in [0.1, 0.15) is 5.82 Å². The number of hydrogen-bond donors (Lipinski definition) is 3. The molecule has 21 heavy (non-hydrogen) atoms. The summed E-state index contributed by atoms with van der Waals surface area (Å²) in [6.07, 6.45) is 2.19. The Labute approximate surface area is 127 Å². The molecule has 0 saturated heterocycles. The molecule has 1 amide bonds. The van der Waals surface area contributed by atoms with Gasteiger partial charge in [-0.05, 0) is 23.6 Å². The molecule has 0 spiro atoms. The Balaban J connectivity index is 1.92. The topological polar surface area (TPSA) is 88.2 Å². The molecule has 5 nitrogen and oxygen atoms in total. The van der Waals surface area contributed by atoms with Gasteiger partial charge in [0.05, 0.1) is 17.2 Å². The van der Waals surface area contributed by atoms with Crippen molar-refractivity contribution in [2.75, 3.05) is 11.9 Å². The fourth-order valence-electron chi connectivity index (χ4n) is 1.84. The zero-order valence-electron chi connectivity index (χ0n) is 11.3. The van der Waals surface area contributed by atoms with Gasteiger partial charge >= 0.3 is 0 Å². The van der Waals surface area contributed by atoms with Crippen molar-refractivity contribution in [3.8, 4) is 0 Å². The first kappa shape index (κ1) is 15.3. The lowest BCUT2D eigenvalue weighted by atomic mass is 10.1. The van der Waals surface area contributed by atoms with Crippen molar-refractivity contribution >= 4 is 23.3 Å². The van der Waals surface area contributed by atoms with Crippen molar-refractivity contribution < 1.29 is 9.90 Å². The van der Waals surface area contributed by atoms with Gasteiger partial charge in [0.2, 0.25) is 5.91 Å². The number of rotatable bonds is 6. The van der Waals surface area contributed by atoms with E-state index in [1.54, 1.807) is 0 Å². The second-order valence-electron chi connectivity index (χ2n) is 4.57. The lowest BCUT2D eigenvalue weighted by molar-refractivity contribution is 0.1000. The minimum absolute atomic E-state index is 0.0459. The fraction of sp³-hybridized carbons (Fsp3) is 0.200. The Morgan fingerprint density at radius 3 is 2.52 bits per heavy atom. The molecule has 2 rings (SSSR count). The first-order valence-electron chi connectivity index (χ1n) is 6.48. The molecule has 0 aliphatic rings. The predicted molar refractivity (Wildman–Crippen MR) is 82.3 cm³/mol. The molecule has 0 atom stereocenters. The van der Waals surface area contributed by atoms with E-state index in [1.807, 2.05) is 24.3 Å². The van der Waals surface area contributed by atoms with E-state index in [0.717, 1.165) is 17.5 Å². The van der Waals surface area contributed by atoms with E-state index in [9.17, 15) is 4.79 Å². The number of carbonyl (C=O) groups excluding carboxylic acids is 1. The summed E-state index contributed by atoms with van der Waals surface area (Å²) in [6, 6.07) is 9.22. The van der Waals surface area contributed by atoms with Crippen LogP contribution in [0, 0.1) is 0 Å². The maximum Gasteiger partial charge on any atom is 0.250 e. The van der Waals surface area contributed by atoms with E-state index in [0.29, 0.717) is 17.4 Å². The van der Waals surface area contributed by atoms with Gasteiger partial charge in [-0.2, -0.15) is 0 Å². The summed E-state index contributed by atoms with van der Waals surface area (Å²) < 4.78 is 0. The van der Waals surface area contributed by atoms with Gasteiger partial charge in [-0.25, -0.2) is 4.98 Å². The highest BCUT2D eigenvalue weighted by Gasteiger charge is 2.06. The van der Waals surface area contributed by atoms with Gasteiger partial charge in [0.25, 0.3) is 0 Å². The third-order valence-electron chi connectivity index (χ3n) is 3.04. The second-order valence-corrected chi connectivity index (χ2v) is 4.98. The van der Waals surface area contributed by atoms with Crippen LogP contribution >= 0.6 is 11.6 Å². The monoisotopic (exact) mass is 305 g/mol. The molecule has 0 radical (unpaired) electrons. The summed E-state index contributed by atoms with van der Waals surface area (Å²) in [5.41, 5.74) is 7.47. The van der Waals surface area contributed by atoms with Gasteiger partial charge < -0.3 is 16.2 Å². The largest absolute Gasteiger partial charge is 0.392 e. The molecule has 0 saturated carbocycles. The smallest absolute Gasteiger partial charge is 0.250 e. The minimum Gasteiger partial charge on any atom is -0.392 e. The van der Waals surface area contributed by atoms with E-state index in [-0.39, 0.29) is 12.2 Å².